The van der Waals surface area contributed by atoms with Crippen LogP contribution in [0.15, 0.2) is 65.7 Å². The molecule has 0 saturated carbocycles. The fourth-order valence-electron chi connectivity index (χ4n) is 4.41. The number of methoxy groups -OCH3 is 1. The molecule has 5 rings (SSSR count). The van der Waals surface area contributed by atoms with Crippen LogP contribution in [0, 0.1) is 12.7 Å². The van der Waals surface area contributed by atoms with Gasteiger partial charge in [0.25, 0.3) is 5.65 Å². The molecule has 39 heavy (non-hydrogen) atoms. The number of nitrogens with zero attached hydrogens (tertiary/aromatic N) is 3. The quantitative estimate of drug-likeness (QED) is 0.201. The number of hydrogen-bond acceptors (Lipinski definition) is 5. The first-order chi connectivity index (χ1) is 18.5. The summed E-state index contributed by atoms with van der Waals surface area (Å²) in [4.78, 5) is 18.4. The van der Waals surface area contributed by atoms with Gasteiger partial charge in [-0.25, -0.2) is 18.7 Å². The van der Waals surface area contributed by atoms with Crippen LogP contribution in [0.5, 0.6) is 11.6 Å². The first-order valence-corrected chi connectivity index (χ1v) is 12.6. The van der Waals surface area contributed by atoms with Crippen LogP contribution in [0.4, 0.5) is 17.6 Å². The second kappa shape index (κ2) is 9.97. The van der Waals surface area contributed by atoms with E-state index < -0.39 is 29.0 Å². The molecule has 0 bridgehead atoms. The van der Waals surface area contributed by atoms with Gasteiger partial charge in [0.15, 0.2) is 4.47 Å². The average Bonchev–Trinajstić information content (AvgIpc) is 3.30. The van der Waals surface area contributed by atoms with Crippen molar-refractivity contribution in [3.05, 3.63) is 97.6 Å². The minimum Gasteiger partial charge on any atom is -0.842 e. The van der Waals surface area contributed by atoms with Gasteiger partial charge in [0.05, 0.1) is 29.6 Å². The van der Waals surface area contributed by atoms with Crippen molar-refractivity contribution < 1.29 is 32.0 Å². The predicted octanol–water partition coefficient (Wildman–Crippen LogP) is 5.63. The highest BCUT2D eigenvalue weighted by atomic mass is 35.5. The first kappa shape index (κ1) is 26.6. The van der Waals surface area contributed by atoms with Gasteiger partial charge in [0, 0.05) is 17.3 Å². The van der Waals surface area contributed by atoms with Crippen LogP contribution in [0.2, 0.25) is 4.47 Å². The highest BCUT2D eigenvalue weighted by molar-refractivity contribution is 7.15. The maximum absolute atomic E-state index is 14.9. The molecule has 0 atom stereocenters. The molecule has 5 aromatic rings. The summed E-state index contributed by atoms with van der Waals surface area (Å²) >= 11 is 7.17. The van der Waals surface area contributed by atoms with Crippen LogP contribution >= 0.6 is 22.9 Å². The number of hydrogen-bond donors (Lipinski definition) is 0. The van der Waals surface area contributed by atoms with Crippen molar-refractivity contribution in [1.29, 1.82) is 0 Å². The van der Waals surface area contributed by atoms with Crippen molar-refractivity contribution in [2.24, 2.45) is 0 Å². The van der Waals surface area contributed by atoms with Gasteiger partial charge in [0.1, 0.15) is 23.7 Å². The van der Waals surface area contributed by atoms with Crippen molar-refractivity contribution >= 4 is 28.6 Å². The van der Waals surface area contributed by atoms with E-state index in [1.54, 1.807) is 19.1 Å². The summed E-state index contributed by atoms with van der Waals surface area (Å²) in [6, 6.07) is 9.83. The van der Waals surface area contributed by atoms with Crippen molar-refractivity contribution in [3.8, 4) is 33.9 Å². The number of alkyl halides is 3. The number of ether oxygens (including phenoxy) is 1. The van der Waals surface area contributed by atoms with Crippen molar-refractivity contribution in [3.63, 3.8) is 0 Å². The Labute approximate surface area is 228 Å². The van der Waals surface area contributed by atoms with Crippen LogP contribution in [-0.4, -0.2) is 16.5 Å². The summed E-state index contributed by atoms with van der Waals surface area (Å²) < 4.78 is 62.5. The van der Waals surface area contributed by atoms with E-state index in [0.29, 0.717) is 26.6 Å². The van der Waals surface area contributed by atoms with Crippen LogP contribution in [0.3, 0.4) is 0 Å². The lowest BCUT2D eigenvalue weighted by Crippen LogP contribution is -2.44. The Morgan fingerprint density at radius 2 is 1.90 bits per heavy atom. The molecule has 0 fully saturated rings. The van der Waals surface area contributed by atoms with Gasteiger partial charge >= 0.3 is 11.7 Å². The fraction of sp³-hybridized carbons (Fsp3) is 0.148. The number of fused-ring (bicyclic) bond motifs is 1. The molecule has 6 nitrogen and oxygen atoms in total. The lowest BCUT2D eigenvalue weighted by molar-refractivity contribution is -0.707. The third-order valence-electron chi connectivity index (χ3n) is 6.19. The summed E-state index contributed by atoms with van der Waals surface area (Å²) in [5, 5.41) is 13.9. The fourth-order valence-corrected chi connectivity index (χ4v) is 5.37. The number of aryl methyl sites for hydroxylation is 1. The number of thiazole rings is 1. The van der Waals surface area contributed by atoms with E-state index in [4.69, 9.17) is 16.3 Å². The Morgan fingerprint density at radius 3 is 2.54 bits per heavy atom. The summed E-state index contributed by atoms with van der Waals surface area (Å²) in [6.07, 6.45) is -1.65. The van der Waals surface area contributed by atoms with Crippen molar-refractivity contribution in [2.75, 3.05) is 7.11 Å². The summed E-state index contributed by atoms with van der Waals surface area (Å²) in [5.41, 5.74) is -0.842. The normalized spacial score (nSPS) is 11.8. The Balaban J connectivity index is 1.76. The molecule has 0 amide bonds. The standard InChI is InChI=1S/C27H18ClF4N3O3S/c1-14-4-3-7-34-23(14)35(13-19-12-33-26(28)39-19)25(37)22(24(34)36)16-8-15(9-18(10-16)38-2)20-6-5-17(11-21(20)29)27(30,31)32/h3-12H,13H2,1-2H3. The Hall–Kier alpha value is -3.96. The second-order valence-electron chi connectivity index (χ2n) is 8.68. The monoisotopic (exact) mass is 575 g/mol. The maximum atomic E-state index is 14.9. The maximum Gasteiger partial charge on any atom is 0.416 e. The molecule has 12 heteroatoms. The van der Waals surface area contributed by atoms with E-state index in [1.165, 1.54) is 58.0 Å². The van der Waals surface area contributed by atoms with Crippen LogP contribution in [0.1, 0.15) is 16.0 Å². The zero-order valence-corrected chi connectivity index (χ0v) is 21.9. The zero-order chi connectivity index (χ0) is 28.1. The van der Waals surface area contributed by atoms with E-state index in [2.05, 4.69) is 4.98 Å². The molecule has 200 valence electrons. The van der Waals surface area contributed by atoms with Gasteiger partial charge in [-0.2, -0.15) is 17.6 Å². The minimum atomic E-state index is -4.72. The number of halogens is 5. The average molecular weight is 576 g/mol. The summed E-state index contributed by atoms with van der Waals surface area (Å²) in [7, 11) is 1.34. The van der Waals surface area contributed by atoms with Gasteiger partial charge in [0.2, 0.25) is 0 Å². The first-order valence-electron chi connectivity index (χ1n) is 11.4. The Morgan fingerprint density at radius 1 is 1.15 bits per heavy atom. The van der Waals surface area contributed by atoms with Crippen LogP contribution < -0.4 is 20.0 Å². The van der Waals surface area contributed by atoms with E-state index >= 15 is 0 Å². The molecule has 0 aliphatic carbocycles. The lowest BCUT2D eigenvalue weighted by Gasteiger charge is -2.18. The number of rotatable bonds is 5. The zero-order valence-electron chi connectivity index (χ0n) is 20.3. The SMILES string of the molecule is COc1cc(-c2ccc(C(F)(F)F)cc2F)cc(-c2c([O-])[n+](Cc3cnc(Cl)s3)c3c(C)cccn3c2=O)c1. The topological polar surface area (TPSA) is 70.5 Å². The third kappa shape index (κ3) is 4.95. The van der Waals surface area contributed by atoms with E-state index in [-0.39, 0.29) is 34.5 Å². The van der Waals surface area contributed by atoms with Gasteiger partial charge in [-0.15, -0.1) is 11.3 Å². The highest BCUT2D eigenvalue weighted by Crippen LogP contribution is 2.36. The number of aromatic nitrogens is 3. The van der Waals surface area contributed by atoms with Crippen molar-refractivity contribution in [1.82, 2.24) is 9.38 Å². The van der Waals surface area contributed by atoms with E-state index in [0.717, 1.165) is 12.1 Å². The smallest absolute Gasteiger partial charge is 0.416 e. The molecule has 3 aromatic heterocycles. The molecule has 0 spiro atoms. The summed E-state index contributed by atoms with van der Waals surface area (Å²) in [5.74, 6) is -1.56. The lowest BCUT2D eigenvalue weighted by atomic mass is 9.98. The molecule has 0 saturated heterocycles. The predicted molar refractivity (Wildman–Crippen MR) is 137 cm³/mol. The van der Waals surface area contributed by atoms with Gasteiger partial charge in [-0.3, -0.25) is 0 Å². The van der Waals surface area contributed by atoms with Gasteiger partial charge < -0.3 is 9.84 Å². The molecular weight excluding hydrogens is 558 g/mol. The minimum absolute atomic E-state index is 0.0786. The van der Waals surface area contributed by atoms with Gasteiger partial charge in [-0.1, -0.05) is 17.7 Å². The molecule has 0 aliphatic heterocycles. The highest BCUT2D eigenvalue weighted by Gasteiger charge is 2.31. The number of benzene rings is 2. The second-order valence-corrected chi connectivity index (χ2v) is 10.4. The van der Waals surface area contributed by atoms with Crippen LogP contribution in [0.25, 0.3) is 27.9 Å². The van der Waals surface area contributed by atoms with E-state index in [9.17, 15) is 27.5 Å². The van der Waals surface area contributed by atoms with E-state index in [1.807, 2.05) is 0 Å². The molecule has 2 aromatic carbocycles. The van der Waals surface area contributed by atoms with Gasteiger partial charge in [-0.05, 0) is 60.5 Å². The molecular formula is C27H18ClF4N3O3S. The third-order valence-corrected chi connectivity index (χ3v) is 7.29. The summed E-state index contributed by atoms with van der Waals surface area (Å²) in [6.45, 7) is 1.84. The Kier molecular flexibility index (Phi) is 6.81. The molecule has 0 radical (unpaired) electrons. The molecule has 0 N–H and O–H groups in total. The Bertz CT molecular complexity index is 1800. The largest absolute Gasteiger partial charge is 0.842 e. The number of pyridine rings is 1. The molecule has 0 unspecified atom stereocenters. The van der Waals surface area contributed by atoms with Crippen LogP contribution in [-0.2, 0) is 12.7 Å². The molecule has 0 aliphatic rings. The van der Waals surface area contributed by atoms with Crippen molar-refractivity contribution in [2.45, 2.75) is 19.6 Å². The molecule has 3 heterocycles.